The summed E-state index contributed by atoms with van der Waals surface area (Å²) < 4.78 is 1.79. The van der Waals surface area contributed by atoms with Crippen LogP contribution in [0.3, 0.4) is 0 Å². The van der Waals surface area contributed by atoms with Gasteiger partial charge in [0, 0.05) is 37.8 Å². The molecule has 1 saturated heterocycles. The Balaban J connectivity index is 1.55. The van der Waals surface area contributed by atoms with Gasteiger partial charge in [-0.3, -0.25) is 9.59 Å². The minimum Gasteiger partial charge on any atom is -0.352 e. The summed E-state index contributed by atoms with van der Waals surface area (Å²) in [4.78, 5) is 26.7. The van der Waals surface area contributed by atoms with Crippen molar-refractivity contribution in [2.24, 2.45) is 0 Å². The van der Waals surface area contributed by atoms with Gasteiger partial charge in [-0.1, -0.05) is 49.4 Å². The molecule has 32 heavy (non-hydrogen) atoms. The highest BCUT2D eigenvalue weighted by Gasteiger charge is 2.21. The van der Waals surface area contributed by atoms with E-state index in [9.17, 15) is 9.59 Å². The fraction of sp³-hybridized carbons (Fsp3) is 0.346. The highest BCUT2D eigenvalue weighted by molar-refractivity contribution is 6.00. The Bertz CT molecular complexity index is 1100. The van der Waals surface area contributed by atoms with E-state index >= 15 is 0 Å². The first-order chi connectivity index (χ1) is 15.6. The SMILES string of the molecule is CCc1ccc(-c2nn(-c3ccccc3C)cc2C(=O)NCCCN2CCCC2=O)cc1. The molecule has 166 valence electrons. The van der Waals surface area contributed by atoms with E-state index in [2.05, 4.69) is 24.4 Å². The lowest BCUT2D eigenvalue weighted by Crippen LogP contribution is -2.30. The molecule has 1 aliphatic heterocycles. The third-order valence-corrected chi connectivity index (χ3v) is 6.02. The fourth-order valence-electron chi connectivity index (χ4n) is 4.10. The number of nitrogens with one attached hydrogen (secondary N) is 1. The number of amides is 2. The first-order valence-corrected chi connectivity index (χ1v) is 11.4. The van der Waals surface area contributed by atoms with Crippen LogP contribution in [0.15, 0.2) is 54.7 Å². The molecular formula is C26H30N4O2. The lowest BCUT2D eigenvalue weighted by Gasteiger charge is -2.15. The Kier molecular flexibility index (Phi) is 6.69. The Morgan fingerprint density at radius 3 is 2.59 bits per heavy atom. The molecule has 6 nitrogen and oxygen atoms in total. The molecule has 0 radical (unpaired) electrons. The van der Waals surface area contributed by atoms with Gasteiger partial charge in [-0.2, -0.15) is 5.10 Å². The van der Waals surface area contributed by atoms with Crippen LogP contribution in [0.1, 0.15) is 47.7 Å². The fourth-order valence-corrected chi connectivity index (χ4v) is 4.10. The highest BCUT2D eigenvalue weighted by atomic mass is 16.2. The van der Waals surface area contributed by atoms with E-state index in [-0.39, 0.29) is 11.8 Å². The monoisotopic (exact) mass is 430 g/mol. The summed E-state index contributed by atoms with van der Waals surface area (Å²) in [5.74, 6) is 0.0702. The van der Waals surface area contributed by atoms with Crippen molar-refractivity contribution >= 4 is 11.8 Å². The largest absolute Gasteiger partial charge is 0.352 e. The molecule has 0 aliphatic carbocycles. The number of hydrogen-bond donors (Lipinski definition) is 1. The van der Waals surface area contributed by atoms with Gasteiger partial charge in [0.25, 0.3) is 5.91 Å². The molecule has 0 saturated carbocycles. The van der Waals surface area contributed by atoms with Crippen LogP contribution in [0.5, 0.6) is 0 Å². The summed E-state index contributed by atoms with van der Waals surface area (Å²) in [6, 6.07) is 16.2. The molecule has 3 aromatic rings. The molecule has 1 aliphatic rings. The van der Waals surface area contributed by atoms with Gasteiger partial charge in [0.2, 0.25) is 5.91 Å². The van der Waals surface area contributed by atoms with Gasteiger partial charge in [0.15, 0.2) is 0 Å². The molecule has 0 atom stereocenters. The average molecular weight is 431 g/mol. The second-order valence-electron chi connectivity index (χ2n) is 8.27. The van der Waals surface area contributed by atoms with Crippen LogP contribution in [0, 0.1) is 6.92 Å². The van der Waals surface area contributed by atoms with E-state index in [1.807, 2.05) is 54.4 Å². The van der Waals surface area contributed by atoms with Crippen molar-refractivity contribution in [2.45, 2.75) is 39.5 Å². The summed E-state index contributed by atoms with van der Waals surface area (Å²) in [6.45, 7) is 6.19. The highest BCUT2D eigenvalue weighted by Crippen LogP contribution is 2.25. The zero-order chi connectivity index (χ0) is 22.5. The van der Waals surface area contributed by atoms with Crippen molar-refractivity contribution in [1.29, 1.82) is 0 Å². The molecule has 2 amide bonds. The van der Waals surface area contributed by atoms with Crippen LogP contribution < -0.4 is 5.32 Å². The molecule has 2 heterocycles. The third kappa shape index (κ3) is 4.74. The number of para-hydroxylation sites is 1. The van der Waals surface area contributed by atoms with Crippen molar-refractivity contribution in [2.75, 3.05) is 19.6 Å². The number of rotatable bonds is 8. The van der Waals surface area contributed by atoms with Crippen LogP contribution in [0.2, 0.25) is 0 Å². The quantitative estimate of drug-likeness (QED) is 0.546. The standard InChI is InChI=1S/C26H30N4O2/c1-3-20-11-13-21(14-12-20)25-22(18-30(28-25)23-9-5-4-8-19(23)2)26(32)27-15-7-17-29-16-6-10-24(29)31/h4-5,8-9,11-14,18H,3,6-7,10,15-17H2,1-2H3,(H,27,32). The molecule has 4 rings (SSSR count). The minimum absolute atomic E-state index is 0.146. The first-order valence-electron chi connectivity index (χ1n) is 11.4. The molecule has 0 unspecified atom stereocenters. The maximum atomic E-state index is 13.1. The Labute approximate surface area is 189 Å². The van der Waals surface area contributed by atoms with Gasteiger partial charge in [-0.05, 0) is 43.4 Å². The number of aryl methyl sites for hydroxylation is 2. The number of carbonyl (C=O) groups excluding carboxylic acids is 2. The third-order valence-electron chi connectivity index (χ3n) is 6.02. The summed E-state index contributed by atoms with van der Waals surface area (Å²) in [5.41, 5.74) is 5.42. The van der Waals surface area contributed by atoms with Crippen molar-refractivity contribution < 1.29 is 9.59 Å². The number of carbonyl (C=O) groups is 2. The molecule has 2 aromatic carbocycles. The minimum atomic E-state index is -0.146. The van der Waals surface area contributed by atoms with Crippen molar-refractivity contribution in [3.05, 3.63) is 71.4 Å². The molecule has 6 heteroatoms. The van der Waals surface area contributed by atoms with Crippen LogP contribution in [0.25, 0.3) is 16.9 Å². The van der Waals surface area contributed by atoms with Crippen molar-refractivity contribution in [3.63, 3.8) is 0 Å². The summed E-state index contributed by atoms with van der Waals surface area (Å²) in [7, 11) is 0. The number of hydrogen-bond acceptors (Lipinski definition) is 3. The molecule has 1 aromatic heterocycles. The van der Waals surface area contributed by atoms with Crippen LogP contribution in [-0.4, -0.2) is 46.1 Å². The number of nitrogens with zero attached hydrogens (tertiary/aromatic N) is 3. The Hall–Kier alpha value is -3.41. The zero-order valence-electron chi connectivity index (χ0n) is 18.8. The normalized spacial score (nSPS) is 13.6. The average Bonchev–Trinajstić information content (AvgIpc) is 3.43. The lowest BCUT2D eigenvalue weighted by atomic mass is 10.0. The number of benzene rings is 2. The molecular weight excluding hydrogens is 400 g/mol. The Morgan fingerprint density at radius 2 is 1.91 bits per heavy atom. The molecule has 0 spiro atoms. The van der Waals surface area contributed by atoms with Gasteiger partial charge in [-0.15, -0.1) is 0 Å². The first kappa shape index (κ1) is 21.8. The van der Waals surface area contributed by atoms with Gasteiger partial charge in [-0.25, -0.2) is 4.68 Å². The Morgan fingerprint density at radius 1 is 1.12 bits per heavy atom. The second-order valence-corrected chi connectivity index (χ2v) is 8.27. The molecule has 1 N–H and O–H groups in total. The van der Waals surface area contributed by atoms with Crippen molar-refractivity contribution in [1.82, 2.24) is 20.0 Å². The zero-order valence-corrected chi connectivity index (χ0v) is 18.8. The summed E-state index contributed by atoms with van der Waals surface area (Å²) in [6.07, 6.45) is 5.09. The maximum Gasteiger partial charge on any atom is 0.255 e. The lowest BCUT2D eigenvalue weighted by molar-refractivity contribution is -0.127. The summed E-state index contributed by atoms with van der Waals surface area (Å²) >= 11 is 0. The maximum absolute atomic E-state index is 13.1. The van der Waals surface area contributed by atoms with Gasteiger partial charge < -0.3 is 10.2 Å². The van der Waals surface area contributed by atoms with E-state index in [1.165, 1.54) is 5.56 Å². The van der Waals surface area contributed by atoms with Crippen molar-refractivity contribution in [3.8, 4) is 16.9 Å². The van der Waals surface area contributed by atoms with Crippen LogP contribution >= 0.6 is 0 Å². The topological polar surface area (TPSA) is 67.2 Å². The van der Waals surface area contributed by atoms with Gasteiger partial charge >= 0.3 is 0 Å². The van der Waals surface area contributed by atoms with E-state index in [0.717, 1.165) is 42.6 Å². The predicted octanol–water partition coefficient (Wildman–Crippen LogP) is 4.15. The van der Waals surface area contributed by atoms with E-state index < -0.39 is 0 Å². The molecule has 0 bridgehead atoms. The second kappa shape index (κ2) is 9.81. The summed E-state index contributed by atoms with van der Waals surface area (Å²) in [5, 5.41) is 7.81. The smallest absolute Gasteiger partial charge is 0.255 e. The van der Waals surface area contributed by atoms with E-state index in [0.29, 0.717) is 30.8 Å². The van der Waals surface area contributed by atoms with Crippen LogP contribution in [0.4, 0.5) is 0 Å². The van der Waals surface area contributed by atoms with E-state index in [4.69, 9.17) is 5.10 Å². The van der Waals surface area contributed by atoms with Gasteiger partial charge in [0.05, 0.1) is 11.3 Å². The van der Waals surface area contributed by atoms with Crippen LogP contribution in [-0.2, 0) is 11.2 Å². The van der Waals surface area contributed by atoms with E-state index in [1.54, 1.807) is 4.68 Å². The molecule has 1 fully saturated rings. The number of aromatic nitrogens is 2. The van der Waals surface area contributed by atoms with Gasteiger partial charge in [0.1, 0.15) is 5.69 Å². The predicted molar refractivity (Wildman–Crippen MR) is 126 cm³/mol. The number of likely N-dealkylation sites (tertiary alicyclic amines) is 1.